The van der Waals surface area contributed by atoms with E-state index in [2.05, 4.69) is 22.2 Å². The van der Waals surface area contributed by atoms with Crippen LogP contribution in [0.15, 0.2) is 34.2 Å². The molecule has 112 valence electrons. The second kappa shape index (κ2) is 7.36. The van der Waals surface area contributed by atoms with Crippen molar-refractivity contribution < 1.29 is 8.78 Å². The molecule has 1 aromatic heterocycles. The molecule has 2 rings (SSSR count). The number of nitrogens with zero attached hydrogens (tertiary/aromatic N) is 2. The Morgan fingerprint density at radius 3 is 2.62 bits per heavy atom. The predicted molar refractivity (Wildman–Crippen MR) is 80.7 cm³/mol. The predicted octanol–water partition coefficient (Wildman–Crippen LogP) is 4.29. The maximum absolute atomic E-state index is 13.7. The van der Waals surface area contributed by atoms with Crippen LogP contribution in [0.5, 0.6) is 0 Å². The van der Waals surface area contributed by atoms with Crippen LogP contribution in [-0.4, -0.2) is 16.5 Å². The molecular weight excluding hydrogens is 292 g/mol. The summed E-state index contributed by atoms with van der Waals surface area (Å²) < 4.78 is 26.6. The van der Waals surface area contributed by atoms with Crippen molar-refractivity contribution in [2.24, 2.45) is 0 Å². The lowest BCUT2D eigenvalue weighted by molar-refractivity contribution is 0.565. The Balaban J connectivity index is 2.25. The normalized spacial score (nSPS) is 10.7. The molecule has 0 radical (unpaired) electrons. The minimum atomic E-state index is -0.584. The zero-order chi connectivity index (χ0) is 15.2. The van der Waals surface area contributed by atoms with Gasteiger partial charge in [0.1, 0.15) is 28.3 Å². The number of benzene rings is 1. The average Bonchev–Trinajstić information content (AvgIpc) is 2.48. The number of nitrogens with one attached hydrogen (secondary N) is 1. The monoisotopic (exact) mass is 309 g/mol. The zero-order valence-electron chi connectivity index (χ0n) is 12.0. The molecule has 1 N–H and O–H groups in total. The first-order chi connectivity index (χ1) is 10.1. The summed E-state index contributed by atoms with van der Waals surface area (Å²) in [7, 11) is 0. The number of hydrogen-bond donors (Lipinski definition) is 1. The summed E-state index contributed by atoms with van der Waals surface area (Å²) in [5.74, 6) is 0.258. The highest BCUT2D eigenvalue weighted by molar-refractivity contribution is 7.99. The number of aromatic nitrogens is 2. The Morgan fingerprint density at radius 1 is 1.14 bits per heavy atom. The van der Waals surface area contributed by atoms with Gasteiger partial charge in [0.05, 0.1) is 0 Å². The Kier molecular flexibility index (Phi) is 5.50. The van der Waals surface area contributed by atoms with Crippen molar-refractivity contribution in [1.82, 2.24) is 9.97 Å². The highest BCUT2D eigenvalue weighted by Gasteiger charge is 2.09. The van der Waals surface area contributed by atoms with Gasteiger partial charge in [0.15, 0.2) is 0 Å². The van der Waals surface area contributed by atoms with E-state index in [4.69, 9.17) is 0 Å². The topological polar surface area (TPSA) is 37.8 Å². The highest BCUT2D eigenvalue weighted by Crippen LogP contribution is 2.30. The third-order valence-electron chi connectivity index (χ3n) is 2.73. The van der Waals surface area contributed by atoms with Gasteiger partial charge in [-0.05, 0) is 18.6 Å². The molecule has 0 bridgehead atoms. The third kappa shape index (κ3) is 4.39. The molecule has 0 atom stereocenters. The van der Waals surface area contributed by atoms with Crippen molar-refractivity contribution in [3.8, 4) is 0 Å². The van der Waals surface area contributed by atoms with E-state index >= 15 is 0 Å². The second-order valence-electron chi connectivity index (χ2n) is 4.46. The maximum atomic E-state index is 13.7. The van der Waals surface area contributed by atoms with Crippen LogP contribution in [-0.2, 0) is 6.42 Å². The minimum Gasteiger partial charge on any atom is -0.370 e. The molecule has 21 heavy (non-hydrogen) atoms. The summed E-state index contributed by atoms with van der Waals surface area (Å²) in [4.78, 5) is 9.09. The van der Waals surface area contributed by atoms with E-state index in [1.54, 1.807) is 6.07 Å². The molecule has 0 amide bonds. The van der Waals surface area contributed by atoms with Crippen molar-refractivity contribution >= 4 is 17.6 Å². The lowest BCUT2D eigenvalue weighted by atomic mass is 10.3. The Labute approximate surface area is 127 Å². The fraction of sp³-hybridized carbons (Fsp3) is 0.333. The SMILES string of the molecule is CCCNc1cc(Sc2ccc(F)cc2F)nc(CC)n1. The second-order valence-corrected chi connectivity index (χ2v) is 5.53. The van der Waals surface area contributed by atoms with Crippen LogP contribution < -0.4 is 5.32 Å². The van der Waals surface area contributed by atoms with Gasteiger partial charge in [-0.15, -0.1) is 0 Å². The molecule has 2 aromatic rings. The van der Waals surface area contributed by atoms with E-state index in [1.807, 2.05) is 6.92 Å². The third-order valence-corrected chi connectivity index (χ3v) is 3.70. The fourth-order valence-electron chi connectivity index (χ4n) is 1.70. The number of halogens is 2. The van der Waals surface area contributed by atoms with Gasteiger partial charge in [0.25, 0.3) is 0 Å². The van der Waals surface area contributed by atoms with Crippen LogP contribution in [0.1, 0.15) is 26.1 Å². The first kappa shape index (κ1) is 15.7. The molecule has 3 nitrogen and oxygen atoms in total. The summed E-state index contributed by atoms with van der Waals surface area (Å²) in [6.07, 6.45) is 1.68. The molecule has 0 saturated heterocycles. The average molecular weight is 309 g/mol. The van der Waals surface area contributed by atoms with Gasteiger partial charge >= 0.3 is 0 Å². The lowest BCUT2D eigenvalue weighted by Gasteiger charge is -2.09. The molecule has 0 saturated carbocycles. The summed E-state index contributed by atoms with van der Waals surface area (Å²) in [5.41, 5.74) is 0. The molecule has 6 heteroatoms. The quantitative estimate of drug-likeness (QED) is 0.808. The van der Waals surface area contributed by atoms with Crippen molar-refractivity contribution in [2.75, 3.05) is 11.9 Å². The van der Waals surface area contributed by atoms with E-state index in [9.17, 15) is 8.78 Å². The van der Waals surface area contributed by atoms with Crippen molar-refractivity contribution in [3.63, 3.8) is 0 Å². The van der Waals surface area contributed by atoms with Gasteiger partial charge in [0.2, 0.25) is 0 Å². The minimum absolute atomic E-state index is 0.346. The molecule has 0 unspecified atom stereocenters. The first-order valence-corrected chi connectivity index (χ1v) is 7.68. The molecule has 0 spiro atoms. The largest absolute Gasteiger partial charge is 0.370 e. The van der Waals surface area contributed by atoms with Gasteiger partial charge in [-0.2, -0.15) is 0 Å². The number of anilines is 1. The maximum Gasteiger partial charge on any atom is 0.140 e. The molecular formula is C15H17F2N3S. The van der Waals surface area contributed by atoms with E-state index < -0.39 is 11.6 Å². The smallest absolute Gasteiger partial charge is 0.140 e. The Morgan fingerprint density at radius 2 is 1.95 bits per heavy atom. The Hall–Kier alpha value is -1.69. The van der Waals surface area contributed by atoms with E-state index in [1.165, 1.54) is 23.9 Å². The van der Waals surface area contributed by atoms with Crippen LogP contribution in [0, 0.1) is 11.6 Å². The molecule has 1 heterocycles. The standard InChI is InChI=1S/C15H17F2N3S/c1-3-7-18-14-9-15(20-13(4-2)19-14)21-12-6-5-10(16)8-11(12)17/h5-6,8-9H,3-4,7H2,1-2H3,(H,18,19,20). The first-order valence-electron chi connectivity index (χ1n) is 6.87. The summed E-state index contributed by atoms with van der Waals surface area (Å²) >= 11 is 1.17. The van der Waals surface area contributed by atoms with E-state index in [0.29, 0.717) is 22.2 Å². The van der Waals surface area contributed by atoms with Crippen molar-refractivity contribution in [1.29, 1.82) is 0 Å². The van der Waals surface area contributed by atoms with E-state index in [0.717, 1.165) is 24.8 Å². The molecule has 0 aliphatic carbocycles. The zero-order valence-corrected chi connectivity index (χ0v) is 12.8. The fourth-order valence-corrected chi connectivity index (χ4v) is 2.54. The highest BCUT2D eigenvalue weighted by atomic mass is 32.2. The van der Waals surface area contributed by atoms with Gasteiger partial charge in [-0.25, -0.2) is 18.7 Å². The van der Waals surface area contributed by atoms with Gasteiger partial charge in [0, 0.05) is 30.0 Å². The van der Waals surface area contributed by atoms with Gasteiger partial charge in [-0.1, -0.05) is 25.6 Å². The van der Waals surface area contributed by atoms with Crippen LogP contribution in [0.2, 0.25) is 0 Å². The number of hydrogen-bond acceptors (Lipinski definition) is 4. The molecule has 1 aromatic carbocycles. The van der Waals surface area contributed by atoms with Crippen molar-refractivity contribution in [3.05, 3.63) is 41.7 Å². The van der Waals surface area contributed by atoms with Crippen molar-refractivity contribution in [2.45, 2.75) is 36.6 Å². The molecule has 0 aliphatic heterocycles. The molecule has 0 aliphatic rings. The van der Waals surface area contributed by atoms with Crippen LogP contribution in [0.3, 0.4) is 0 Å². The van der Waals surface area contributed by atoms with Crippen LogP contribution in [0.25, 0.3) is 0 Å². The summed E-state index contributed by atoms with van der Waals surface area (Å²) in [6, 6.07) is 5.31. The Bertz CT molecular complexity index is 620. The van der Waals surface area contributed by atoms with E-state index in [-0.39, 0.29) is 0 Å². The van der Waals surface area contributed by atoms with Crippen LogP contribution in [0.4, 0.5) is 14.6 Å². The van der Waals surface area contributed by atoms with Crippen LogP contribution >= 0.6 is 11.8 Å². The number of aryl methyl sites for hydroxylation is 1. The lowest BCUT2D eigenvalue weighted by Crippen LogP contribution is -2.05. The molecule has 0 fully saturated rings. The summed E-state index contributed by atoms with van der Waals surface area (Å²) in [5, 5.41) is 3.85. The van der Waals surface area contributed by atoms with Gasteiger partial charge < -0.3 is 5.32 Å². The number of rotatable bonds is 6. The van der Waals surface area contributed by atoms with Gasteiger partial charge in [-0.3, -0.25) is 0 Å². The summed E-state index contributed by atoms with van der Waals surface area (Å²) in [6.45, 7) is 4.85.